The number of piperidine rings is 1. The summed E-state index contributed by atoms with van der Waals surface area (Å²) in [7, 11) is 0. The fraction of sp³-hybridized carbons (Fsp3) is 1.00. The van der Waals surface area contributed by atoms with Gasteiger partial charge < -0.3 is 10.4 Å². The molecule has 2 atom stereocenters. The maximum atomic E-state index is 9.68. The van der Waals surface area contributed by atoms with Crippen LogP contribution in [0.15, 0.2) is 0 Å². The lowest BCUT2D eigenvalue weighted by Crippen LogP contribution is -2.45. The van der Waals surface area contributed by atoms with E-state index >= 15 is 0 Å². The van der Waals surface area contributed by atoms with Crippen molar-refractivity contribution in [1.29, 1.82) is 0 Å². The molecule has 2 aliphatic rings. The third kappa shape index (κ3) is 2.71. The molecule has 2 aliphatic heterocycles. The highest BCUT2D eigenvalue weighted by molar-refractivity contribution is 4.94. The Bertz CT molecular complexity index is 184. The van der Waals surface area contributed by atoms with Gasteiger partial charge in [0, 0.05) is 12.1 Å². The van der Waals surface area contributed by atoms with Crippen molar-refractivity contribution in [2.24, 2.45) is 0 Å². The summed E-state index contributed by atoms with van der Waals surface area (Å²) in [6.07, 6.45) is 5.87. The maximum Gasteiger partial charge on any atom is 0.0570 e. The number of hydrogen-bond donors (Lipinski definition) is 2. The largest absolute Gasteiger partial charge is 0.393 e. The quantitative estimate of drug-likeness (QED) is 0.667. The fourth-order valence-electron chi connectivity index (χ4n) is 3.17. The fourth-order valence-corrected chi connectivity index (χ4v) is 3.17. The lowest BCUT2D eigenvalue weighted by molar-refractivity contribution is 0.0351. The Hall–Kier alpha value is -0.120. The lowest BCUT2D eigenvalue weighted by atomic mass is 10.00. The Kier molecular flexibility index (Phi) is 4.00. The van der Waals surface area contributed by atoms with E-state index in [4.69, 9.17) is 0 Å². The van der Waals surface area contributed by atoms with Crippen molar-refractivity contribution in [2.45, 2.75) is 57.2 Å². The summed E-state index contributed by atoms with van der Waals surface area (Å²) >= 11 is 0. The van der Waals surface area contributed by atoms with Gasteiger partial charge in [0.15, 0.2) is 0 Å². The number of aliphatic hydroxyl groups excluding tert-OH is 1. The van der Waals surface area contributed by atoms with Gasteiger partial charge in [-0.3, -0.25) is 4.90 Å². The van der Waals surface area contributed by atoms with Crippen LogP contribution in [0.1, 0.15) is 39.0 Å². The first kappa shape index (κ1) is 11.4. The molecule has 2 N–H and O–H groups in total. The first-order valence-corrected chi connectivity index (χ1v) is 6.45. The summed E-state index contributed by atoms with van der Waals surface area (Å²) in [6.45, 7) is 5.58. The molecule has 2 unspecified atom stereocenters. The van der Waals surface area contributed by atoms with Crippen LogP contribution < -0.4 is 5.32 Å². The van der Waals surface area contributed by atoms with Gasteiger partial charge in [0.1, 0.15) is 0 Å². The number of rotatable bonds is 5. The number of nitrogens with zero attached hydrogens (tertiary/aromatic N) is 1. The molecule has 0 aromatic heterocycles. The predicted octanol–water partition coefficient (Wildman–Crippen LogP) is 0.974. The van der Waals surface area contributed by atoms with Gasteiger partial charge in [0.2, 0.25) is 0 Å². The Balaban J connectivity index is 1.74. The van der Waals surface area contributed by atoms with Gasteiger partial charge in [-0.05, 0) is 51.7 Å². The van der Waals surface area contributed by atoms with E-state index in [9.17, 15) is 5.11 Å². The smallest absolute Gasteiger partial charge is 0.0570 e. The molecular weight excluding hydrogens is 188 g/mol. The molecule has 0 radical (unpaired) electrons. The molecule has 0 aromatic carbocycles. The predicted molar refractivity (Wildman–Crippen MR) is 61.9 cm³/mol. The van der Waals surface area contributed by atoms with E-state index in [2.05, 4.69) is 17.1 Å². The van der Waals surface area contributed by atoms with Crippen molar-refractivity contribution >= 4 is 0 Å². The third-order valence-electron chi connectivity index (χ3n) is 3.88. The standard InChI is InChI=1S/C12H24N2O/c1-2-13-6-3-7-14-10-4-5-11(14)9-12(15)8-10/h10-13,15H,2-9H2,1H3. The van der Waals surface area contributed by atoms with Crippen molar-refractivity contribution in [2.75, 3.05) is 19.6 Å². The van der Waals surface area contributed by atoms with Crippen LogP contribution in [0.4, 0.5) is 0 Å². The van der Waals surface area contributed by atoms with Crippen molar-refractivity contribution in [1.82, 2.24) is 10.2 Å². The zero-order chi connectivity index (χ0) is 10.7. The molecule has 0 amide bonds. The van der Waals surface area contributed by atoms with Crippen LogP contribution in [0, 0.1) is 0 Å². The second kappa shape index (κ2) is 5.28. The normalized spacial score (nSPS) is 36.0. The van der Waals surface area contributed by atoms with Crippen molar-refractivity contribution in [3.63, 3.8) is 0 Å². The Morgan fingerprint density at radius 1 is 1.27 bits per heavy atom. The third-order valence-corrected chi connectivity index (χ3v) is 3.88. The average Bonchev–Trinajstić information content (AvgIpc) is 2.46. The molecule has 2 rings (SSSR count). The lowest BCUT2D eigenvalue weighted by Gasteiger charge is -2.37. The Morgan fingerprint density at radius 3 is 2.53 bits per heavy atom. The molecule has 0 spiro atoms. The molecule has 0 aliphatic carbocycles. The van der Waals surface area contributed by atoms with E-state index in [1.807, 2.05) is 0 Å². The van der Waals surface area contributed by atoms with E-state index in [1.54, 1.807) is 0 Å². The van der Waals surface area contributed by atoms with Crippen molar-refractivity contribution in [3.05, 3.63) is 0 Å². The molecule has 2 fully saturated rings. The summed E-state index contributed by atoms with van der Waals surface area (Å²) in [5.41, 5.74) is 0. The molecule has 2 bridgehead atoms. The average molecular weight is 212 g/mol. The number of fused-ring (bicyclic) bond motifs is 2. The van der Waals surface area contributed by atoms with Crippen LogP contribution in [0.3, 0.4) is 0 Å². The minimum Gasteiger partial charge on any atom is -0.393 e. The van der Waals surface area contributed by atoms with Gasteiger partial charge in [0.25, 0.3) is 0 Å². The molecule has 2 heterocycles. The SMILES string of the molecule is CCNCCCN1C2CCC1CC(O)C2. The van der Waals surface area contributed by atoms with Crippen LogP contribution in [0.25, 0.3) is 0 Å². The van der Waals surface area contributed by atoms with Gasteiger partial charge in [-0.1, -0.05) is 6.92 Å². The van der Waals surface area contributed by atoms with Gasteiger partial charge in [0.05, 0.1) is 6.10 Å². The highest BCUT2D eigenvalue weighted by atomic mass is 16.3. The van der Waals surface area contributed by atoms with E-state index in [-0.39, 0.29) is 6.10 Å². The second-order valence-electron chi connectivity index (χ2n) is 4.96. The zero-order valence-electron chi connectivity index (χ0n) is 9.78. The van der Waals surface area contributed by atoms with Crippen LogP contribution in [-0.2, 0) is 0 Å². The maximum absolute atomic E-state index is 9.68. The molecule has 2 saturated heterocycles. The highest BCUT2D eigenvalue weighted by Crippen LogP contribution is 2.35. The second-order valence-corrected chi connectivity index (χ2v) is 4.96. The van der Waals surface area contributed by atoms with Gasteiger partial charge in [-0.15, -0.1) is 0 Å². The highest BCUT2D eigenvalue weighted by Gasteiger charge is 2.39. The van der Waals surface area contributed by atoms with Crippen molar-refractivity contribution in [3.8, 4) is 0 Å². The van der Waals surface area contributed by atoms with Gasteiger partial charge in [-0.25, -0.2) is 0 Å². The summed E-state index contributed by atoms with van der Waals surface area (Å²) in [4.78, 5) is 2.64. The van der Waals surface area contributed by atoms with E-state index in [0.29, 0.717) is 12.1 Å². The molecule has 15 heavy (non-hydrogen) atoms. The topological polar surface area (TPSA) is 35.5 Å². The Morgan fingerprint density at radius 2 is 1.93 bits per heavy atom. The zero-order valence-corrected chi connectivity index (χ0v) is 9.78. The number of hydrogen-bond acceptors (Lipinski definition) is 3. The van der Waals surface area contributed by atoms with Crippen LogP contribution in [0.5, 0.6) is 0 Å². The van der Waals surface area contributed by atoms with Gasteiger partial charge >= 0.3 is 0 Å². The van der Waals surface area contributed by atoms with Crippen LogP contribution in [-0.4, -0.2) is 47.8 Å². The molecule has 0 saturated carbocycles. The number of aliphatic hydroxyl groups is 1. The molecule has 3 nitrogen and oxygen atoms in total. The summed E-state index contributed by atoms with van der Waals surface area (Å²) in [5, 5.41) is 13.0. The number of nitrogens with one attached hydrogen (secondary N) is 1. The first-order chi connectivity index (χ1) is 7.31. The molecular formula is C12H24N2O. The minimum atomic E-state index is -0.0208. The minimum absolute atomic E-state index is 0.0208. The Labute approximate surface area is 92.8 Å². The summed E-state index contributed by atoms with van der Waals surface area (Å²) in [6, 6.07) is 1.36. The molecule has 0 aromatic rings. The van der Waals surface area contributed by atoms with Crippen LogP contribution >= 0.6 is 0 Å². The molecule has 3 heteroatoms. The first-order valence-electron chi connectivity index (χ1n) is 6.45. The monoisotopic (exact) mass is 212 g/mol. The van der Waals surface area contributed by atoms with Gasteiger partial charge in [-0.2, -0.15) is 0 Å². The summed E-state index contributed by atoms with van der Waals surface area (Å²) in [5.74, 6) is 0. The van der Waals surface area contributed by atoms with E-state index < -0.39 is 0 Å². The van der Waals surface area contributed by atoms with E-state index in [1.165, 1.54) is 25.8 Å². The van der Waals surface area contributed by atoms with E-state index in [0.717, 1.165) is 25.9 Å². The van der Waals surface area contributed by atoms with Crippen molar-refractivity contribution < 1.29 is 5.11 Å². The van der Waals surface area contributed by atoms with Crippen LogP contribution in [0.2, 0.25) is 0 Å². The summed E-state index contributed by atoms with van der Waals surface area (Å²) < 4.78 is 0. The molecule has 88 valence electrons.